The van der Waals surface area contributed by atoms with Crippen LogP contribution in [0.25, 0.3) is 0 Å². The molecule has 0 radical (unpaired) electrons. The molecule has 20 heavy (non-hydrogen) atoms. The van der Waals surface area contributed by atoms with Gasteiger partial charge in [0, 0.05) is 12.6 Å². The number of pyridine rings is 1. The Bertz CT molecular complexity index is 461. The van der Waals surface area contributed by atoms with Crippen molar-refractivity contribution in [2.75, 3.05) is 18.5 Å². The minimum Gasteiger partial charge on any atom is -0.473 e. The molecule has 0 bridgehead atoms. The van der Waals surface area contributed by atoms with Crippen LogP contribution in [0.15, 0.2) is 12.1 Å². The summed E-state index contributed by atoms with van der Waals surface area (Å²) in [6, 6.07) is 3.07. The fourth-order valence-corrected chi connectivity index (χ4v) is 2.13. The monoisotopic (exact) mass is 279 g/mol. The molecule has 0 atom stereocenters. The third-order valence-corrected chi connectivity index (χ3v) is 3.58. The molecule has 0 spiro atoms. The van der Waals surface area contributed by atoms with E-state index >= 15 is 0 Å². The number of nitrogens with zero attached hydrogens (tertiary/aromatic N) is 2. The summed E-state index contributed by atoms with van der Waals surface area (Å²) >= 11 is 0. The number of anilines is 1. The van der Waals surface area contributed by atoms with Crippen LogP contribution in [-0.4, -0.2) is 23.1 Å². The normalized spacial score (nSPS) is 14.7. The molecule has 1 fully saturated rings. The molecule has 0 aliphatic heterocycles. The molecule has 1 aromatic rings. The molecular formula is C14H21N3O3. The van der Waals surface area contributed by atoms with Gasteiger partial charge in [0.15, 0.2) is 0 Å². The lowest BCUT2D eigenvalue weighted by Gasteiger charge is -2.24. The minimum atomic E-state index is -0.449. The fourth-order valence-electron chi connectivity index (χ4n) is 2.13. The van der Waals surface area contributed by atoms with E-state index < -0.39 is 4.92 Å². The van der Waals surface area contributed by atoms with Gasteiger partial charge in [0.2, 0.25) is 0 Å². The van der Waals surface area contributed by atoms with Gasteiger partial charge in [-0.15, -0.1) is 0 Å². The number of hydrogen-bond donors (Lipinski definition) is 1. The maximum atomic E-state index is 11.0. The van der Waals surface area contributed by atoms with Crippen LogP contribution in [0, 0.1) is 16.0 Å². The van der Waals surface area contributed by atoms with Crippen LogP contribution in [0.3, 0.4) is 0 Å². The standard InChI is InChI=1S/C14H21N3O3/c1-2-9-15-13-7-6-12(17(18)19)14(16-13)20-10-8-11-4-3-5-11/h6-7,11H,2-5,8-10H2,1H3,(H,15,16). The van der Waals surface area contributed by atoms with Gasteiger partial charge >= 0.3 is 5.69 Å². The lowest BCUT2D eigenvalue weighted by Crippen LogP contribution is -2.15. The Kier molecular flexibility index (Phi) is 5.15. The number of nitro groups is 1. The molecule has 0 unspecified atom stereocenters. The first-order valence-electron chi connectivity index (χ1n) is 7.22. The molecule has 0 amide bonds. The van der Waals surface area contributed by atoms with E-state index in [2.05, 4.69) is 17.2 Å². The topological polar surface area (TPSA) is 77.3 Å². The Hall–Kier alpha value is -1.85. The van der Waals surface area contributed by atoms with Crippen LogP contribution >= 0.6 is 0 Å². The number of rotatable bonds is 8. The Morgan fingerprint density at radius 3 is 2.90 bits per heavy atom. The number of nitrogens with one attached hydrogen (secondary N) is 1. The van der Waals surface area contributed by atoms with Crippen molar-refractivity contribution in [3.63, 3.8) is 0 Å². The van der Waals surface area contributed by atoms with Crippen LogP contribution in [-0.2, 0) is 0 Å². The van der Waals surface area contributed by atoms with E-state index in [1.807, 2.05) is 0 Å². The summed E-state index contributed by atoms with van der Waals surface area (Å²) in [5, 5.41) is 14.1. The van der Waals surface area contributed by atoms with Gasteiger partial charge in [0.25, 0.3) is 5.88 Å². The summed E-state index contributed by atoms with van der Waals surface area (Å²) in [6.45, 7) is 3.33. The van der Waals surface area contributed by atoms with Crippen LogP contribution in [0.2, 0.25) is 0 Å². The van der Waals surface area contributed by atoms with Gasteiger partial charge in [-0.3, -0.25) is 10.1 Å². The van der Waals surface area contributed by atoms with Crippen LogP contribution < -0.4 is 10.1 Å². The molecule has 6 nitrogen and oxygen atoms in total. The van der Waals surface area contributed by atoms with E-state index in [1.165, 1.54) is 25.3 Å². The average molecular weight is 279 g/mol. The van der Waals surface area contributed by atoms with Crippen molar-refractivity contribution in [1.29, 1.82) is 0 Å². The smallest absolute Gasteiger partial charge is 0.331 e. The maximum Gasteiger partial charge on any atom is 0.331 e. The predicted molar refractivity (Wildman–Crippen MR) is 77.1 cm³/mol. The molecule has 6 heteroatoms. The second-order valence-corrected chi connectivity index (χ2v) is 5.14. The second-order valence-electron chi connectivity index (χ2n) is 5.14. The zero-order valence-electron chi connectivity index (χ0n) is 11.8. The Morgan fingerprint density at radius 1 is 1.50 bits per heavy atom. The van der Waals surface area contributed by atoms with E-state index in [1.54, 1.807) is 6.07 Å². The van der Waals surface area contributed by atoms with E-state index in [-0.39, 0.29) is 11.6 Å². The lowest BCUT2D eigenvalue weighted by molar-refractivity contribution is -0.386. The zero-order chi connectivity index (χ0) is 14.4. The van der Waals surface area contributed by atoms with Crippen molar-refractivity contribution in [2.45, 2.75) is 39.0 Å². The van der Waals surface area contributed by atoms with Crippen molar-refractivity contribution in [3.8, 4) is 5.88 Å². The largest absolute Gasteiger partial charge is 0.473 e. The number of aromatic nitrogens is 1. The van der Waals surface area contributed by atoms with Crippen molar-refractivity contribution in [3.05, 3.63) is 22.2 Å². The molecule has 0 saturated heterocycles. The molecule has 1 aliphatic rings. The van der Waals surface area contributed by atoms with E-state index in [0.717, 1.165) is 25.3 Å². The highest BCUT2D eigenvalue weighted by atomic mass is 16.6. The van der Waals surface area contributed by atoms with E-state index in [0.29, 0.717) is 12.4 Å². The average Bonchev–Trinajstić information content (AvgIpc) is 2.39. The van der Waals surface area contributed by atoms with E-state index in [9.17, 15) is 10.1 Å². The maximum absolute atomic E-state index is 11.0. The Morgan fingerprint density at radius 2 is 2.30 bits per heavy atom. The van der Waals surface area contributed by atoms with Gasteiger partial charge < -0.3 is 10.1 Å². The summed E-state index contributed by atoms with van der Waals surface area (Å²) in [5.74, 6) is 1.46. The lowest BCUT2D eigenvalue weighted by atomic mass is 9.83. The van der Waals surface area contributed by atoms with Crippen LogP contribution in [0.5, 0.6) is 5.88 Å². The molecule has 1 N–H and O–H groups in total. The summed E-state index contributed by atoms with van der Waals surface area (Å²) in [5.41, 5.74) is -0.0688. The first-order valence-corrected chi connectivity index (χ1v) is 7.22. The number of ether oxygens (including phenoxy) is 1. The van der Waals surface area contributed by atoms with Gasteiger partial charge in [0.05, 0.1) is 11.5 Å². The summed E-state index contributed by atoms with van der Waals surface area (Å²) in [7, 11) is 0. The molecule has 0 aromatic carbocycles. The highest BCUT2D eigenvalue weighted by Gasteiger charge is 2.20. The van der Waals surface area contributed by atoms with E-state index in [4.69, 9.17) is 4.74 Å². The highest BCUT2D eigenvalue weighted by molar-refractivity contribution is 5.49. The SMILES string of the molecule is CCCNc1ccc([N+](=O)[O-])c(OCCC2CCC2)n1. The van der Waals surface area contributed by atoms with Crippen LogP contribution in [0.4, 0.5) is 11.5 Å². The predicted octanol–water partition coefficient (Wildman–Crippen LogP) is 3.38. The van der Waals surface area contributed by atoms with Crippen molar-refractivity contribution in [2.24, 2.45) is 5.92 Å². The first-order chi connectivity index (χ1) is 9.70. The number of hydrogen-bond acceptors (Lipinski definition) is 5. The van der Waals surface area contributed by atoms with Gasteiger partial charge in [-0.05, 0) is 24.8 Å². The fraction of sp³-hybridized carbons (Fsp3) is 0.643. The second kappa shape index (κ2) is 7.07. The molecule has 1 saturated carbocycles. The molecule has 1 aromatic heterocycles. The van der Waals surface area contributed by atoms with Crippen molar-refractivity contribution < 1.29 is 9.66 Å². The Balaban J connectivity index is 1.99. The summed E-state index contributed by atoms with van der Waals surface area (Å²) in [6.07, 6.45) is 5.70. The van der Waals surface area contributed by atoms with Crippen molar-refractivity contribution >= 4 is 11.5 Å². The van der Waals surface area contributed by atoms with Crippen LogP contribution in [0.1, 0.15) is 39.0 Å². The first kappa shape index (κ1) is 14.6. The van der Waals surface area contributed by atoms with Gasteiger partial charge in [0.1, 0.15) is 5.82 Å². The van der Waals surface area contributed by atoms with Crippen molar-refractivity contribution in [1.82, 2.24) is 4.98 Å². The summed E-state index contributed by atoms with van der Waals surface area (Å²) in [4.78, 5) is 14.7. The Labute approximate surface area is 118 Å². The highest BCUT2D eigenvalue weighted by Crippen LogP contribution is 2.31. The molecule has 1 aliphatic carbocycles. The molecule has 2 rings (SSSR count). The zero-order valence-corrected chi connectivity index (χ0v) is 11.8. The molecule has 110 valence electrons. The third-order valence-electron chi connectivity index (χ3n) is 3.58. The molecule has 1 heterocycles. The summed E-state index contributed by atoms with van der Waals surface area (Å²) < 4.78 is 5.53. The molecular weight excluding hydrogens is 258 g/mol. The van der Waals surface area contributed by atoms with Gasteiger partial charge in [-0.25, -0.2) is 0 Å². The minimum absolute atomic E-state index is 0.0688. The third kappa shape index (κ3) is 3.82. The van der Waals surface area contributed by atoms with Gasteiger partial charge in [-0.2, -0.15) is 4.98 Å². The quantitative estimate of drug-likeness (QED) is 0.583. The van der Waals surface area contributed by atoms with Gasteiger partial charge in [-0.1, -0.05) is 26.2 Å².